The van der Waals surface area contributed by atoms with Crippen LogP contribution in [0.25, 0.3) is 0 Å². The lowest BCUT2D eigenvalue weighted by Gasteiger charge is -2.28. The van der Waals surface area contributed by atoms with Gasteiger partial charge in [0.1, 0.15) is 0 Å². The molecule has 0 saturated heterocycles. The number of aliphatic hydroxyl groups is 1. The summed E-state index contributed by atoms with van der Waals surface area (Å²) in [6, 6.07) is 2.08. The summed E-state index contributed by atoms with van der Waals surface area (Å²) < 4.78 is 0. The van der Waals surface area contributed by atoms with Crippen LogP contribution in [0.2, 0.25) is 0 Å². The normalized spacial score (nSPS) is 21.4. The Labute approximate surface area is 125 Å². The summed E-state index contributed by atoms with van der Waals surface area (Å²) in [5.74, 6) is 0.452. The van der Waals surface area contributed by atoms with E-state index in [1.165, 1.54) is 10.4 Å². The minimum atomic E-state index is -0.823. The second kappa shape index (κ2) is 6.27. The highest BCUT2D eigenvalue weighted by Gasteiger charge is 2.29. The van der Waals surface area contributed by atoms with Crippen LogP contribution < -0.4 is 5.32 Å². The van der Waals surface area contributed by atoms with Gasteiger partial charge in [0.2, 0.25) is 5.91 Å². The topological polar surface area (TPSA) is 49.3 Å². The number of carbonyl (C=O) groups is 1. The predicted octanol–water partition coefficient (Wildman–Crippen LogP) is 3.08. The molecule has 1 aliphatic carbocycles. The summed E-state index contributed by atoms with van der Waals surface area (Å²) in [6.45, 7) is 6.29. The highest BCUT2D eigenvalue weighted by atomic mass is 32.1. The Kier molecular flexibility index (Phi) is 4.86. The highest BCUT2D eigenvalue weighted by Crippen LogP contribution is 2.35. The minimum Gasteiger partial charge on any atom is -0.388 e. The molecule has 0 saturated carbocycles. The average molecular weight is 295 g/mol. The van der Waals surface area contributed by atoms with E-state index >= 15 is 0 Å². The third-order valence-electron chi connectivity index (χ3n) is 3.86. The Bertz CT molecular complexity index is 465. The van der Waals surface area contributed by atoms with Crippen LogP contribution in [0.3, 0.4) is 0 Å². The van der Waals surface area contributed by atoms with E-state index in [1.54, 1.807) is 18.3 Å². The highest BCUT2D eigenvalue weighted by molar-refractivity contribution is 7.10. The van der Waals surface area contributed by atoms with Gasteiger partial charge in [-0.15, -0.1) is 11.3 Å². The van der Waals surface area contributed by atoms with Gasteiger partial charge in [-0.1, -0.05) is 13.8 Å². The van der Waals surface area contributed by atoms with Crippen molar-refractivity contribution in [1.82, 2.24) is 5.32 Å². The van der Waals surface area contributed by atoms with Gasteiger partial charge in [0.15, 0.2) is 0 Å². The monoisotopic (exact) mass is 295 g/mol. The van der Waals surface area contributed by atoms with E-state index in [-0.39, 0.29) is 11.8 Å². The number of rotatable bonds is 5. The fourth-order valence-corrected chi connectivity index (χ4v) is 4.10. The third kappa shape index (κ3) is 3.83. The molecule has 0 aromatic carbocycles. The SMILES string of the molecule is CC(C)CC(C)(O)CNC(=O)C1CCCc2sccc21. The maximum atomic E-state index is 12.4. The summed E-state index contributed by atoms with van der Waals surface area (Å²) in [5.41, 5.74) is 0.373. The Hall–Kier alpha value is -0.870. The first-order valence-corrected chi connectivity index (χ1v) is 8.33. The second-order valence-corrected chi connectivity index (χ2v) is 7.56. The Morgan fingerprint density at radius 3 is 3.05 bits per heavy atom. The Morgan fingerprint density at radius 2 is 2.35 bits per heavy atom. The molecule has 1 aromatic rings. The fraction of sp³-hybridized carbons (Fsp3) is 0.688. The first-order valence-electron chi connectivity index (χ1n) is 7.45. The standard InChI is InChI=1S/C16H25NO2S/c1-11(2)9-16(3,19)10-17-15(18)13-5-4-6-14-12(13)7-8-20-14/h7-8,11,13,19H,4-6,9-10H2,1-3H3,(H,17,18). The lowest BCUT2D eigenvalue weighted by molar-refractivity contribution is -0.124. The van der Waals surface area contributed by atoms with Gasteiger partial charge in [-0.3, -0.25) is 4.79 Å². The molecule has 112 valence electrons. The van der Waals surface area contributed by atoms with E-state index in [9.17, 15) is 9.90 Å². The van der Waals surface area contributed by atoms with Crippen molar-refractivity contribution < 1.29 is 9.90 Å². The number of amides is 1. The predicted molar refractivity (Wildman–Crippen MR) is 83.1 cm³/mol. The van der Waals surface area contributed by atoms with Crippen molar-refractivity contribution in [2.75, 3.05) is 6.54 Å². The molecular formula is C16H25NO2S. The number of fused-ring (bicyclic) bond motifs is 1. The molecule has 0 spiro atoms. The van der Waals surface area contributed by atoms with Gasteiger partial charge < -0.3 is 10.4 Å². The van der Waals surface area contributed by atoms with Gasteiger partial charge >= 0.3 is 0 Å². The molecule has 1 aliphatic rings. The van der Waals surface area contributed by atoms with Gasteiger partial charge in [-0.25, -0.2) is 0 Å². The van der Waals surface area contributed by atoms with E-state index < -0.39 is 5.60 Å². The lowest BCUT2D eigenvalue weighted by atomic mass is 9.87. The molecule has 1 amide bonds. The molecule has 0 aliphatic heterocycles. The van der Waals surface area contributed by atoms with Gasteiger partial charge in [-0.2, -0.15) is 0 Å². The summed E-state index contributed by atoms with van der Waals surface area (Å²) >= 11 is 1.75. The van der Waals surface area contributed by atoms with Gasteiger partial charge in [0.25, 0.3) is 0 Å². The first-order chi connectivity index (χ1) is 9.39. The van der Waals surface area contributed by atoms with Crippen molar-refractivity contribution in [2.24, 2.45) is 5.92 Å². The summed E-state index contributed by atoms with van der Waals surface area (Å²) in [4.78, 5) is 13.7. The number of hydrogen-bond donors (Lipinski definition) is 2. The first kappa shape index (κ1) is 15.5. The van der Waals surface area contributed by atoms with Crippen LogP contribution >= 0.6 is 11.3 Å². The van der Waals surface area contributed by atoms with E-state index in [0.29, 0.717) is 18.9 Å². The Balaban J connectivity index is 1.94. The molecule has 2 unspecified atom stereocenters. The smallest absolute Gasteiger partial charge is 0.227 e. The number of aryl methyl sites for hydroxylation is 1. The minimum absolute atomic E-state index is 0.0279. The van der Waals surface area contributed by atoms with Gasteiger partial charge in [0.05, 0.1) is 11.5 Å². The van der Waals surface area contributed by atoms with E-state index in [1.807, 2.05) is 0 Å². The molecule has 4 heteroatoms. The van der Waals surface area contributed by atoms with Crippen LogP contribution in [0.15, 0.2) is 11.4 Å². The zero-order valence-electron chi connectivity index (χ0n) is 12.6. The summed E-state index contributed by atoms with van der Waals surface area (Å²) in [7, 11) is 0. The van der Waals surface area contributed by atoms with Crippen molar-refractivity contribution in [3.8, 4) is 0 Å². The quantitative estimate of drug-likeness (QED) is 0.877. The molecule has 1 aromatic heterocycles. The lowest BCUT2D eigenvalue weighted by Crippen LogP contribution is -2.43. The molecule has 20 heavy (non-hydrogen) atoms. The zero-order chi connectivity index (χ0) is 14.8. The Morgan fingerprint density at radius 1 is 1.60 bits per heavy atom. The van der Waals surface area contributed by atoms with Crippen LogP contribution in [0.4, 0.5) is 0 Å². The maximum absolute atomic E-state index is 12.4. The number of carbonyl (C=O) groups excluding carboxylic acids is 1. The zero-order valence-corrected chi connectivity index (χ0v) is 13.4. The van der Waals surface area contributed by atoms with E-state index in [0.717, 1.165) is 19.3 Å². The molecule has 2 rings (SSSR count). The van der Waals surface area contributed by atoms with Crippen LogP contribution in [0.5, 0.6) is 0 Å². The van der Waals surface area contributed by atoms with Gasteiger partial charge in [-0.05, 0) is 55.5 Å². The fourth-order valence-electron chi connectivity index (χ4n) is 3.11. The molecule has 1 heterocycles. The molecule has 3 nitrogen and oxygen atoms in total. The van der Waals surface area contributed by atoms with Crippen LogP contribution in [-0.2, 0) is 11.2 Å². The van der Waals surface area contributed by atoms with Crippen molar-refractivity contribution in [2.45, 2.75) is 58.0 Å². The van der Waals surface area contributed by atoms with Crippen LogP contribution in [0.1, 0.15) is 56.4 Å². The third-order valence-corrected chi connectivity index (χ3v) is 4.86. The summed E-state index contributed by atoms with van der Waals surface area (Å²) in [6.07, 6.45) is 3.79. The summed E-state index contributed by atoms with van der Waals surface area (Å²) in [5, 5.41) is 15.3. The molecule has 0 bridgehead atoms. The molecule has 0 radical (unpaired) electrons. The number of hydrogen-bond acceptors (Lipinski definition) is 3. The van der Waals surface area contributed by atoms with Crippen LogP contribution in [0, 0.1) is 5.92 Å². The molecule has 2 atom stereocenters. The van der Waals surface area contributed by atoms with Crippen molar-refractivity contribution in [3.05, 3.63) is 21.9 Å². The van der Waals surface area contributed by atoms with E-state index in [4.69, 9.17) is 0 Å². The van der Waals surface area contributed by atoms with Crippen molar-refractivity contribution in [1.29, 1.82) is 0 Å². The van der Waals surface area contributed by atoms with Crippen LogP contribution in [-0.4, -0.2) is 23.2 Å². The maximum Gasteiger partial charge on any atom is 0.227 e. The number of nitrogens with one attached hydrogen (secondary N) is 1. The van der Waals surface area contributed by atoms with Crippen molar-refractivity contribution >= 4 is 17.2 Å². The molecular weight excluding hydrogens is 270 g/mol. The van der Waals surface area contributed by atoms with Gasteiger partial charge in [0, 0.05) is 11.4 Å². The molecule has 0 fully saturated rings. The van der Waals surface area contributed by atoms with Crippen molar-refractivity contribution in [3.63, 3.8) is 0 Å². The van der Waals surface area contributed by atoms with E-state index in [2.05, 4.69) is 30.6 Å². The average Bonchev–Trinajstić information content (AvgIpc) is 2.82. The largest absolute Gasteiger partial charge is 0.388 e. The second-order valence-electron chi connectivity index (χ2n) is 6.56. The molecule has 2 N–H and O–H groups in total. The number of thiophene rings is 1.